The smallest absolute Gasteiger partial charge is 0.272 e. The number of anilines is 1. The molecule has 0 atom stereocenters. The number of carbonyl (C=O) groups excluding carboxylic acids is 2. The highest BCUT2D eigenvalue weighted by atomic mass is 19.2. The molecular weight excluding hydrogens is 302 g/mol. The highest BCUT2D eigenvalue weighted by molar-refractivity contribution is 6.08. The van der Waals surface area contributed by atoms with E-state index in [9.17, 15) is 18.4 Å². The molecule has 0 radical (unpaired) electrons. The largest absolute Gasteiger partial charge is 0.322 e. The fourth-order valence-electron chi connectivity index (χ4n) is 1.84. The molecule has 0 aliphatic rings. The predicted octanol–water partition coefficient (Wildman–Crippen LogP) is 3.08. The van der Waals surface area contributed by atoms with Crippen LogP contribution < -0.4 is 10.6 Å². The molecule has 2 N–H and O–H groups in total. The van der Waals surface area contributed by atoms with Crippen LogP contribution in [0.2, 0.25) is 0 Å². The van der Waals surface area contributed by atoms with E-state index >= 15 is 0 Å². The molecule has 2 rings (SSSR count). The lowest BCUT2D eigenvalue weighted by molar-refractivity contribution is -0.120. The molecule has 6 heteroatoms. The molecule has 0 bridgehead atoms. The Morgan fingerprint density at radius 3 is 2.30 bits per heavy atom. The Morgan fingerprint density at radius 2 is 1.70 bits per heavy atom. The van der Waals surface area contributed by atoms with Crippen molar-refractivity contribution in [1.29, 1.82) is 0 Å². The molecule has 0 aliphatic heterocycles. The topological polar surface area (TPSA) is 58.2 Å². The molecule has 2 amide bonds. The second kappa shape index (κ2) is 7.31. The van der Waals surface area contributed by atoms with E-state index in [1.165, 1.54) is 19.1 Å². The van der Waals surface area contributed by atoms with Crippen LogP contribution in [-0.4, -0.2) is 11.8 Å². The van der Waals surface area contributed by atoms with Crippen molar-refractivity contribution in [3.63, 3.8) is 0 Å². The lowest BCUT2D eigenvalue weighted by Gasteiger charge is -2.10. The first-order chi connectivity index (χ1) is 11.0. The number of hydrogen-bond acceptors (Lipinski definition) is 2. The average molecular weight is 316 g/mol. The molecule has 2 aromatic carbocycles. The molecule has 0 unspecified atom stereocenters. The summed E-state index contributed by atoms with van der Waals surface area (Å²) in [6.45, 7) is 1.27. The van der Waals surface area contributed by atoms with Gasteiger partial charge in [-0.05, 0) is 23.8 Å². The van der Waals surface area contributed by atoms with E-state index < -0.39 is 23.4 Å². The van der Waals surface area contributed by atoms with Gasteiger partial charge in [0.2, 0.25) is 5.91 Å². The Labute approximate surface area is 131 Å². The minimum Gasteiger partial charge on any atom is -0.322 e. The summed E-state index contributed by atoms with van der Waals surface area (Å²) < 4.78 is 26.1. The van der Waals surface area contributed by atoms with E-state index in [0.29, 0.717) is 5.56 Å². The molecule has 0 saturated heterocycles. The van der Waals surface area contributed by atoms with Crippen LogP contribution in [0.5, 0.6) is 0 Å². The van der Waals surface area contributed by atoms with Crippen LogP contribution in [0.1, 0.15) is 12.5 Å². The third-order valence-corrected chi connectivity index (χ3v) is 2.84. The number of nitrogens with one attached hydrogen (secondary N) is 2. The summed E-state index contributed by atoms with van der Waals surface area (Å²) in [4.78, 5) is 23.5. The van der Waals surface area contributed by atoms with Gasteiger partial charge in [0.1, 0.15) is 5.70 Å². The van der Waals surface area contributed by atoms with E-state index in [-0.39, 0.29) is 11.4 Å². The van der Waals surface area contributed by atoms with Gasteiger partial charge >= 0.3 is 0 Å². The van der Waals surface area contributed by atoms with Crippen LogP contribution in [0.25, 0.3) is 6.08 Å². The zero-order chi connectivity index (χ0) is 16.8. The molecule has 0 spiro atoms. The third kappa shape index (κ3) is 4.74. The Hall–Kier alpha value is -3.02. The van der Waals surface area contributed by atoms with Crippen molar-refractivity contribution in [2.75, 3.05) is 5.32 Å². The summed E-state index contributed by atoms with van der Waals surface area (Å²) in [5.41, 5.74) is 0.781. The normalized spacial score (nSPS) is 11.0. The first-order valence-electron chi connectivity index (χ1n) is 6.76. The molecule has 0 heterocycles. The maximum atomic E-state index is 13.2. The summed E-state index contributed by atoms with van der Waals surface area (Å²) in [5, 5.41) is 4.82. The van der Waals surface area contributed by atoms with Gasteiger partial charge in [-0.2, -0.15) is 0 Å². The van der Waals surface area contributed by atoms with Gasteiger partial charge in [-0.25, -0.2) is 8.78 Å². The summed E-state index contributed by atoms with van der Waals surface area (Å²) in [7, 11) is 0. The number of hydrogen-bond donors (Lipinski definition) is 2. The SMILES string of the molecule is CC(=O)N/C(=C/c1ccccc1)C(=O)Nc1ccc(F)c(F)c1. The van der Waals surface area contributed by atoms with Crippen LogP contribution in [-0.2, 0) is 9.59 Å². The molecule has 4 nitrogen and oxygen atoms in total. The van der Waals surface area contributed by atoms with E-state index in [2.05, 4.69) is 10.6 Å². The fourth-order valence-corrected chi connectivity index (χ4v) is 1.84. The summed E-state index contributed by atoms with van der Waals surface area (Å²) >= 11 is 0. The van der Waals surface area contributed by atoms with E-state index in [0.717, 1.165) is 12.1 Å². The summed E-state index contributed by atoms with van der Waals surface area (Å²) in [5.74, 6) is -3.15. The minimum absolute atomic E-state index is 0.00608. The van der Waals surface area contributed by atoms with E-state index in [1.807, 2.05) is 6.07 Å². The Kier molecular flexibility index (Phi) is 5.19. The zero-order valence-electron chi connectivity index (χ0n) is 12.3. The van der Waals surface area contributed by atoms with Crippen molar-refractivity contribution >= 4 is 23.6 Å². The molecule has 23 heavy (non-hydrogen) atoms. The number of amides is 2. The van der Waals surface area contributed by atoms with Crippen LogP contribution in [0, 0.1) is 11.6 Å². The zero-order valence-corrected chi connectivity index (χ0v) is 12.3. The summed E-state index contributed by atoms with van der Waals surface area (Å²) in [6.07, 6.45) is 1.48. The molecule has 118 valence electrons. The molecular formula is C17H14F2N2O2. The van der Waals surface area contributed by atoms with Crippen LogP contribution in [0.15, 0.2) is 54.2 Å². The molecule has 0 saturated carbocycles. The first kappa shape index (κ1) is 16.4. The van der Waals surface area contributed by atoms with Crippen molar-refractivity contribution in [2.45, 2.75) is 6.92 Å². The number of halogens is 2. The maximum absolute atomic E-state index is 13.2. The lowest BCUT2D eigenvalue weighted by atomic mass is 10.2. The molecule has 2 aromatic rings. The first-order valence-corrected chi connectivity index (χ1v) is 6.76. The highest BCUT2D eigenvalue weighted by Gasteiger charge is 2.12. The Bertz CT molecular complexity index is 758. The van der Waals surface area contributed by atoms with Gasteiger partial charge in [-0.3, -0.25) is 9.59 Å². The average Bonchev–Trinajstić information content (AvgIpc) is 2.51. The highest BCUT2D eigenvalue weighted by Crippen LogP contribution is 2.14. The number of rotatable bonds is 4. The van der Waals surface area contributed by atoms with Crippen molar-refractivity contribution in [3.05, 3.63) is 71.4 Å². The second-order valence-corrected chi connectivity index (χ2v) is 4.73. The van der Waals surface area contributed by atoms with E-state index in [1.54, 1.807) is 24.3 Å². The summed E-state index contributed by atoms with van der Waals surface area (Å²) in [6, 6.07) is 11.9. The van der Waals surface area contributed by atoms with Crippen LogP contribution in [0.3, 0.4) is 0 Å². The van der Waals surface area contributed by atoms with Gasteiger partial charge in [0.25, 0.3) is 5.91 Å². The molecule has 0 aromatic heterocycles. The lowest BCUT2D eigenvalue weighted by Crippen LogP contribution is -2.29. The van der Waals surface area contributed by atoms with Crippen molar-refractivity contribution in [1.82, 2.24) is 5.32 Å². The van der Waals surface area contributed by atoms with Gasteiger partial charge in [0, 0.05) is 18.7 Å². The van der Waals surface area contributed by atoms with Crippen LogP contribution in [0.4, 0.5) is 14.5 Å². The Balaban J connectivity index is 2.24. The number of benzene rings is 2. The minimum atomic E-state index is -1.07. The second-order valence-electron chi connectivity index (χ2n) is 4.73. The molecule has 0 fully saturated rings. The van der Waals surface area contributed by atoms with Crippen molar-refractivity contribution in [2.24, 2.45) is 0 Å². The predicted molar refractivity (Wildman–Crippen MR) is 83.2 cm³/mol. The van der Waals surface area contributed by atoms with Gasteiger partial charge in [-0.1, -0.05) is 30.3 Å². The van der Waals surface area contributed by atoms with Crippen molar-refractivity contribution < 1.29 is 18.4 Å². The Morgan fingerprint density at radius 1 is 1.00 bits per heavy atom. The monoisotopic (exact) mass is 316 g/mol. The standard InChI is InChI=1S/C17H14F2N2O2/c1-11(22)20-16(9-12-5-3-2-4-6-12)17(23)21-13-7-8-14(18)15(19)10-13/h2-10H,1H3,(H,20,22)(H,21,23)/b16-9+. The van der Waals surface area contributed by atoms with Crippen molar-refractivity contribution in [3.8, 4) is 0 Å². The van der Waals surface area contributed by atoms with Gasteiger partial charge < -0.3 is 10.6 Å². The van der Waals surface area contributed by atoms with Gasteiger partial charge in [-0.15, -0.1) is 0 Å². The molecule has 0 aliphatic carbocycles. The fraction of sp³-hybridized carbons (Fsp3) is 0.0588. The third-order valence-electron chi connectivity index (χ3n) is 2.84. The van der Waals surface area contributed by atoms with Gasteiger partial charge in [0.05, 0.1) is 0 Å². The van der Waals surface area contributed by atoms with E-state index in [4.69, 9.17) is 0 Å². The number of carbonyl (C=O) groups is 2. The van der Waals surface area contributed by atoms with Crippen LogP contribution >= 0.6 is 0 Å². The van der Waals surface area contributed by atoms with Gasteiger partial charge in [0.15, 0.2) is 11.6 Å². The quantitative estimate of drug-likeness (QED) is 0.852. The maximum Gasteiger partial charge on any atom is 0.272 e.